The average Bonchev–Trinajstić information content (AvgIpc) is 2.69. The zero-order chi connectivity index (χ0) is 11.8. The van der Waals surface area contributed by atoms with Crippen LogP contribution in [0.3, 0.4) is 0 Å². The third-order valence-corrected chi connectivity index (χ3v) is 5.13. The van der Waals surface area contributed by atoms with Crippen LogP contribution in [-0.2, 0) is 4.74 Å². The number of nitrogens with two attached hydrogens (primary N) is 1. The maximum Gasteiger partial charge on any atom is 0.0765 e. The van der Waals surface area contributed by atoms with Crippen molar-refractivity contribution >= 4 is 0 Å². The van der Waals surface area contributed by atoms with Crippen LogP contribution in [0.2, 0.25) is 0 Å². The number of rotatable bonds is 4. The van der Waals surface area contributed by atoms with E-state index in [9.17, 15) is 5.11 Å². The molecule has 2 atom stereocenters. The fraction of sp³-hybridized carbons (Fsp3) is 1.00. The normalized spacial score (nSPS) is 48.0. The highest BCUT2D eigenvalue weighted by molar-refractivity contribution is 5.11. The van der Waals surface area contributed by atoms with Gasteiger partial charge in [-0.2, -0.15) is 0 Å². The molecule has 2 fully saturated rings. The summed E-state index contributed by atoms with van der Waals surface area (Å²) in [5.41, 5.74) is 5.39. The van der Waals surface area contributed by atoms with Crippen molar-refractivity contribution in [3.05, 3.63) is 0 Å². The zero-order valence-electron chi connectivity index (χ0n) is 10.5. The highest BCUT2D eigenvalue weighted by Crippen LogP contribution is 2.56. The Bertz CT molecular complexity index is 250. The fourth-order valence-corrected chi connectivity index (χ4v) is 3.68. The van der Waals surface area contributed by atoms with E-state index >= 15 is 0 Å². The smallest absolute Gasteiger partial charge is 0.0765 e. The van der Waals surface area contributed by atoms with E-state index in [2.05, 4.69) is 6.92 Å². The molecular weight excluding hydrogens is 202 g/mol. The summed E-state index contributed by atoms with van der Waals surface area (Å²) in [7, 11) is 1.73. The fourth-order valence-electron chi connectivity index (χ4n) is 3.68. The summed E-state index contributed by atoms with van der Waals surface area (Å²) in [6, 6.07) is 0. The second-order valence-corrected chi connectivity index (χ2v) is 5.80. The van der Waals surface area contributed by atoms with Crippen LogP contribution in [0.5, 0.6) is 0 Å². The lowest BCUT2D eigenvalue weighted by Crippen LogP contribution is -2.61. The average molecular weight is 227 g/mol. The van der Waals surface area contributed by atoms with Gasteiger partial charge in [-0.3, -0.25) is 0 Å². The standard InChI is InChI=1S/C13H25NO2/c1-3-10-4-5-12(6-10,9-14)13(15)7-11(8-13)16-2/h10-11,15H,3-9,14H2,1-2H3. The van der Waals surface area contributed by atoms with Gasteiger partial charge in [0.05, 0.1) is 11.7 Å². The van der Waals surface area contributed by atoms with Gasteiger partial charge in [0.1, 0.15) is 0 Å². The minimum absolute atomic E-state index is 0.0251. The Hall–Kier alpha value is -0.120. The highest BCUT2D eigenvalue weighted by atomic mass is 16.5. The quantitative estimate of drug-likeness (QED) is 0.768. The summed E-state index contributed by atoms with van der Waals surface area (Å²) in [6.45, 7) is 2.86. The van der Waals surface area contributed by atoms with Crippen LogP contribution in [0.25, 0.3) is 0 Å². The first-order valence-corrected chi connectivity index (χ1v) is 6.54. The minimum Gasteiger partial charge on any atom is -0.389 e. The van der Waals surface area contributed by atoms with E-state index in [1.165, 1.54) is 12.8 Å². The molecule has 2 aliphatic rings. The largest absolute Gasteiger partial charge is 0.389 e. The summed E-state index contributed by atoms with van der Waals surface area (Å²) < 4.78 is 5.28. The van der Waals surface area contributed by atoms with Crippen LogP contribution >= 0.6 is 0 Å². The van der Waals surface area contributed by atoms with Gasteiger partial charge >= 0.3 is 0 Å². The molecule has 0 bridgehead atoms. The Labute approximate surface area is 98.4 Å². The van der Waals surface area contributed by atoms with Crippen molar-refractivity contribution in [2.75, 3.05) is 13.7 Å². The third-order valence-electron chi connectivity index (χ3n) is 5.13. The first-order chi connectivity index (χ1) is 7.59. The lowest BCUT2D eigenvalue weighted by molar-refractivity contribution is -0.193. The molecule has 94 valence electrons. The molecule has 2 aliphatic carbocycles. The zero-order valence-corrected chi connectivity index (χ0v) is 10.5. The van der Waals surface area contributed by atoms with Gasteiger partial charge in [0.25, 0.3) is 0 Å². The van der Waals surface area contributed by atoms with Gasteiger partial charge in [-0.1, -0.05) is 13.3 Å². The van der Waals surface area contributed by atoms with Crippen LogP contribution in [0, 0.1) is 11.3 Å². The first kappa shape index (κ1) is 12.3. The van der Waals surface area contributed by atoms with E-state index in [4.69, 9.17) is 10.5 Å². The van der Waals surface area contributed by atoms with Crippen molar-refractivity contribution in [3.63, 3.8) is 0 Å². The van der Waals surface area contributed by atoms with Gasteiger partial charge < -0.3 is 15.6 Å². The highest BCUT2D eigenvalue weighted by Gasteiger charge is 2.59. The van der Waals surface area contributed by atoms with E-state index in [1.54, 1.807) is 7.11 Å². The molecule has 0 aromatic carbocycles. The Kier molecular flexibility index (Phi) is 3.30. The maximum atomic E-state index is 10.7. The van der Waals surface area contributed by atoms with Crippen molar-refractivity contribution in [1.82, 2.24) is 0 Å². The second-order valence-electron chi connectivity index (χ2n) is 5.80. The molecule has 0 aliphatic heterocycles. The van der Waals surface area contributed by atoms with Gasteiger partial charge in [-0.05, 0) is 25.2 Å². The van der Waals surface area contributed by atoms with Crippen molar-refractivity contribution in [2.24, 2.45) is 17.1 Å². The number of hydrogen-bond acceptors (Lipinski definition) is 3. The topological polar surface area (TPSA) is 55.5 Å². The summed E-state index contributed by atoms with van der Waals surface area (Å²) in [4.78, 5) is 0. The molecule has 0 radical (unpaired) electrons. The number of methoxy groups -OCH3 is 1. The molecule has 3 nitrogen and oxygen atoms in total. The molecule has 3 N–H and O–H groups in total. The molecule has 0 heterocycles. The molecule has 16 heavy (non-hydrogen) atoms. The second kappa shape index (κ2) is 4.28. The molecule has 0 aromatic heterocycles. The Morgan fingerprint density at radius 1 is 1.38 bits per heavy atom. The minimum atomic E-state index is -0.549. The monoisotopic (exact) mass is 227 g/mol. The Morgan fingerprint density at radius 2 is 2.06 bits per heavy atom. The van der Waals surface area contributed by atoms with Crippen molar-refractivity contribution in [3.8, 4) is 0 Å². The van der Waals surface area contributed by atoms with Crippen molar-refractivity contribution in [2.45, 2.75) is 57.2 Å². The number of ether oxygens (including phenoxy) is 1. The SMILES string of the molecule is CCC1CCC(CN)(C2(O)CC(OC)C2)C1. The van der Waals surface area contributed by atoms with Crippen LogP contribution in [-0.4, -0.2) is 30.5 Å². The van der Waals surface area contributed by atoms with Crippen LogP contribution in [0.1, 0.15) is 45.4 Å². The molecular formula is C13H25NO2. The molecule has 3 heteroatoms. The van der Waals surface area contributed by atoms with Gasteiger partial charge in [-0.25, -0.2) is 0 Å². The Balaban J connectivity index is 2.06. The van der Waals surface area contributed by atoms with E-state index in [1.807, 2.05) is 0 Å². The summed E-state index contributed by atoms with van der Waals surface area (Å²) in [6.07, 6.45) is 6.43. The molecule has 0 aromatic rings. The lowest BCUT2D eigenvalue weighted by Gasteiger charge is -2.54. The number of hydrogen-bond donors (Lipinski definition) is 2. The van der Waals surface area contributed by atoms with Gasteiger partial charge in [-0.15, -0.1) is 0 Å². The predicted molar refractivity (Wildman–Crippen MR) is 64.1 cm³/mol. The molecule has 2 rings (SSSR count). The van der Waals surface area contributed by atoms with Gasteiger partial charge in [0, 0.05) is 31.9 Å². The Morgan fingerprint density at radius 3 is 2.50 bits per heavy atom. The van der Waals surface area contributed by atoms with Crippen LogP contribution in [0.4, 0.5) is 0 Å². The summed E-state index contributed by atoms with van der Waals surface area (Å²) in [5.74, 6) is 0.758. The van der Waals surface area contributed by atoms with E-state index in [0.29, 0.717) is 6.54 Å². The lowest BCUT2D eigenvalue weighted by atomic mass is 9.58. The van der Waals surface area contributed by atoms with E-state index < -0.39 is 5.60 Å². The van der Waals surface area contributed by atoms with Crippen LogP contribution in [0.15, 0.2) is 0 Å². The van der Waals surface area contributed by atoms with Crippen molar-refractivity contribution < 1.29 is 9.84 Å². The first-order valence-electron chi connectivity index (χ1n) is 6.54. The molecule has 0 amide bonds. The summed E-state index contributed by atoms with van der Waals surface area (Å²) in [5, 5.41) is 10.7. The maximum absolute atomic E-state index is 10.7. The van der Waals surface area contributed by atoms with E-state index in [-0.39, 0.29) is 11.5 Å². The third kappa shape index (κ3) is 1.69. The summed E-state index contributed by atoms with van der Waals surface area (Å²) >= 11 is 0. The van der Waals surface area contributed by atoms with Gasteiger partial charge in [0.15, 0.2) is 0 Å². The van der Waals surface area contributed by atoms with Crippen LogP contribution < -0.4 is 5.73 Å². The van der Waals surface area contributed by atoms with Gasteiger partial charge in [0.2, 0.25) is 0 Å². The van der Waals surface area contributed by atoms with Crippen molar-refractivity contribution in [1.29, 1.82) is 0 Å². The predicted octanol–water partition coefficient (Wildman–Crippen LogP) is 1.68. The van der Waals surface area contributed by atoms with E-state index in [0.717, 1.165) is 31.6 Å². The molecule has 0 spiro atoms. The molecule has 2 saturated carbocycles. The number of aliphatic hydroxyl groups is 1. The molecule has 2 unspecified atom stereocenters. The molecule has 0 saturated heterocycles.